The van der Waals surface area contributed by atoms with Gasteiger partial charge in [-0.2, -0.15) is 0 Å². The molecule has 0 fully saturated rings. The van der Waals surface area contributed by atoms with Gasteiger partial charge in [-0.05, 0) is 54.7 Å². The fraction of sp³-hybridized carbons (Fsp3) is 0.263. The maximum Gasteiger partial charge on any atom is 0.251 e. The minimum Gasteiger partial charge on any atom is -0.352 e. The molecular weight excluding hydrogens is 288 g/mol. The molecule has 4 nitrogen and oxygen atoms in total. The van der Waals surface area contributed by atoms with Crippen LogP contribution in [-0.2, 0) is 17.6 Å². The number of carbonyl (C=O) groups excluding carboxylic acids is 2. The van der Waals surface area contributed by atoms with Crippen molar-refractivity contribution in [1.82, 2.24) is 5.32 Å². The first-order valence-electron chi connectivity index (χ1n) is 7.89. The SMILES string of the molecule is Cc1ccccc1CCNC(=O)c1ccc2c(c1)CCC(=O)N2. The van der Waals surface area contributed by atoms with Crippen molar-refractivity contribution in [1.29, 1.82) is 0 Å². The molecule has 0 bridgehead atoms. The zero-order valence-electron chi connectivity index (χ0n) is 13.2. The smallest absolute Gasteiger partial charge is 0.251 e. The molecule has 2 amide bonds. The van der Waals surface area contributed by atoms with Crippen LogP contribution in [0.3, 0.4) is 0 Å². The summed E-state index contributed by atoms with van der Waals surface area (Å²) in [7, 11) is 0. The summed E-state index contributed by atoms with van der Waals surface area (Å²) in [6.45, 7) is 2.69. The number of rotatable bonds is 4. The number of anilines is 1. The van der Waals surface area contributed by atoms with Gasteiger partial charge in [0.05, 0.1) is 0 Å². The summed E-state index contributed by atoms with van der Waals surface area (Å²) in [6, 6.07) is 13.6. The Bertz CT molecular complexity index is 753. The van der Waals surface area contributed by atoms with Crippen LogP contribution in [0.2, 0.25) is 0 Å². The maximum absolute atomic E-state index is 12.3. The second-order valence-corrected chi connectivity index (χ2v) is 5.85. The average molecular weight is 308 g/mol. The third-order valence-electron chi connectivity index (χ3n) is 4.20. The highest BCUT2D eigenvalue weighted by Crippen LogP contribution is 2.23. The summed E-state index contributed by atoms with van der Waals surface area (Å²) in [5.41, 5.74) is 4.98. The number of benzene rings is 2. The maximum atomic E-state index is 12.3. The molecule has 2 N–H and O–H groups in total. The van der Waals surface area contributed by atoms with Crippen molar-refractivity contribution in [2.45, 2.75) is 26.2 Å². The minimum atomic E-state index is -0.0710. The van der Waals surface area contributed by atoms with E-state index in [1.807, 2.05) is 24.3 Å². The lowest BCUT2D eigenvalue weighted by Crippen LogP contribution is -2.26. The van der Waals surface area contributed by atoms with E-state index in [2.05, 4.69) is 29.7 Å². The fourth-order valence-electron chi connectivity index (χ4n) is 2.83. The van der Waals surface area contributed by atoms with Gasteiger partial charge >= 0.3 is 0 Å². The third-order valence-corrected chi connectivity index (χ3v) is 4.20. The molecule has 2 aromatic carbocycles. The lowest BCUT2D eigenvalue weighted by molar-refractivity contribution is -0.116. The van der Waals surface area contributed by atoms with Gasteiger partial charge < -0.3 is 10.6 Å². The number of nitrogens with one attached hydrogen (secondary N) is 2. The lowest BCUT2D eigenvalue weighted by atomic mass is 10.00. The summed E-state index contributed by atoms with van der Waals surface area (Å²) in [5, 5.41) is 5.79. The highest BCUT2D eigenvalue weighted by molar-refractivity contribution is 5.97. The first kappa shape index (κ1) is 15.3. The zero-order chi connectivity index (χ0) is 16.2. The Morgan fingerprint density at radius 1 is 1.17 bits per heavy atom. The Kier molecular flexibility index (Phi) is 4.42. The Balaban J connectivity index is 1.60. The summed E-state index contributed by atoms with van der Waals surface area (Å²) in [4.78, 5) is 23.6. The first-order chi connectivity index (χ1) is 11.1. The van der Waals surface area contributed by atoms with Crippen molar-refractivity contribution in [3.05, 3.63) is 64.7 Å². The van der Waals surface area contributed by atoms with E-state index < -0.39 is 0 Å². The van der Waals surface area contributed by atoms with Crippen LogP contribution < -0.4 is 10.6 Å². The van der Waals surface area contributed by atoms with Gasteiger partial charge in [0.2, 0.25) is 5.91 Å². The monoisotopic (exact) mass is 308 g/mol. The summed E-state index contributed by atoms with van der Waals surface area (Å²) < 4.78 is 0. The van der Waals surface area contributed by atoms with E-state index in [0.717, 1.165) is 17.7 Å². The zero-order valence-corrected chi connectivity index (χ0v) is 13.2. The normalized spacial score (nSPS) is 13.2. The summed E-state index contributed by atoms with van der Waals surface area (Å²) in [5.74, 6) is -0.0359. The summed E-state index contributed by atoms with van der Waals surface area (Å²) in [6.07, 6.45) is 1.98. The molecule has 0 aromatic heterocycles. The van der Waals surface area contributed by atoms with Gasteiger partial charge in [0.15, 0.2) is 0 Å². The van der Waals surface area contributed by atoms with Crippen molar-refractivity contribution in [2.75, 3.05) is 11.9 Å². The molecule has 0 saturated heterocycles. The Hall–Kier alpha value is -2.62. The van der Waals surface area contributed by atoms with E-state index in [0.29, 0.717) is 24.9 Å². The van der Waals surface area contributed by atoms with Crippen LogP contribution in [0.15, 0.2) is 42.5 Å². The average Bonchev–Trinajstić information content (AvgIpc) is 2.56. The predicted molar refractivity (Wildman–Crippen MR) is 90.6 cm³/mol. The van der Waals surface area contributed by atoms with Crippen LogP contribution in [0, 0.1) is 6.92 Å². The van der Waals surface area contributed by atoms with E-state index in [-0.39, 0.29) is 11.8 Å². The third kappa shape index (κ3) is 3.59. The van der Waals surface area contributed by atoms with Crippen molar-refractivity contribution in [2.24, 2.45) is 0 Å². The van der Waals surface area contributed by atoms with Gasteiger partial charge in [-0.25, -0.2) is 0 Å². The van der Waals surface area contributed by atoms with Crippen molar-refractivity contribution in [3.8, 4) is 0 Å². The molecule has 0 atom stereocenters. The molecular formula is C19H20N2O2. The van der Waals surface area contributed by atoms with Crippen LogP contribution in [0.5, 0.6) is 0 Å². The van der Waals surface area contributed by atoms with E-state index in [9.17, 15) is 9.59 Å². The number of fused-ring (bicyclic) bond motifs is 1. The predicted octanol–water partition coefficient (Wildman–Crippen LogP) is 2.85. The number of amides is 2. The lowest BCUT2D eigenvalue weighted by Gasteiger charge is -2.17. The molecule has 1 aliphatic heterocycles. The standard InChI is InChI=1S/C19H20N2O2/c1-13-4-2-3-5-14(13)10-11-20-19(23)16-6-8-17-15(12-16)7-9-18(22)21-17/h2-6,8,12H,7,9-11H2,1H3,(H,20,23)(H,21,22). The first-order valence-corrected chi connectivity index (χ1v) is 7.89. The summed E-state index contributed by atoms with van der Waals surface area (Å²) >= 11 is 0. The molecule has 2 aromatic rings. The van der Waals surface area contributed by atoms with Gasteiger partial charge in [0, 0.05) is 24.2 Å². The van der Waals surface area contributed by atoms with Crippen LogP contribution in [0.1, 0.15) is 33.5 Å². The fourth-order valence-corrected chi connectivity index (χ4v) is 2.83. The van der Waals surface area contributed by atoms with Gasteiger partial charge in [-0.3, -0.25) is 9.59 Å². The molecule has 3 rings (SSSR count). The van der Waals surface area contributed by atoms with E-state index in [4.69, 9.17) is 0 Å². The largest absolute Gasteiger partial charge is 0.352 e. The molecule has 0 saturated carbocycles. The van der Waals surface area contributed by atoms with Gasteiger partial charge in [0.1, 0.15) is 0 Å². The van der Waals surface area contributed by atoms with E-state index >= 15 is 0 Å². The van der Waals surface area contributed by atoms with Crippen molar-refractivity contribution < 1.29 is 9.59 Å². The Morgan fingerprint density at radius 2 is 2.00 bits per heavy atom. The van der Waals surface area contributed by atoms with Crippen molar-refractivity contribution >= 4 is 17.5 Å². The van der Waals surface area contributed by atoms with Gasteiger partial charge in [0.25, 0.3) is 5.91 Å². The number of hydrogen-bond donors (Lipinski definition) is 2. The highest BCUT2D eigenvalue weighted by atomic mass is 16.2. The topological polar surface area (TPSA) is 58.2 Å². The second-order valence-electron chi connectivity index (χ2n) is 5.85. The molecule has 0 aliphatic carbocycles. The molecule has 4 heteroatoms. The molecule has 0 radical (unpaired) electrons. The second kappa shape index (κ2) is 6.65. The number of aryl methyl sites for hydroxylation is 2. The van der Waals surface area contributed by atoms with Crippen LogP contribution in [0.4, 0.5) is 5.69 Å². The van der Waals surface area contributed by atoms with Crippen molar-refractivity contribution in [3.63, 3.8) is 0 Å². The van der Waals surface area contributed by atoms with E-state index in [1.165, 1.54) is 11.1 Å². The van der Waals surface area contributed by atoms with Crippen LogP contribution in [0.25, 0.3) is 0 Å². The molecule has 118 valence electrons. The number of hydrogen-bond acceptors (Lipinski definition) is 2. The molecule has 23 heavy (non-hydrogen) atoms. The quantitative estimate of drug-likeness (QED) is 0.912. The Labute approximate surface area is 135 Å². The van der Waals surface area contributed by atoms with Crippen LogP contribution >= 0.6 is 0 Å². The van der Waals surface area contributed by atoms with E-state index in [1.54, 1.807) is 6.07 Å². The molecule has 0 unspecified atom stereocenters. The molecule has 0 spiro atoms. The van der Waals surface area contributed by atoms with Gasteiger partial charge in [-0.1, -0.05) is 24.3 Å². The Morgan fingerprint density at radius 3 is 2.83 bits per heavy atom. The highest BCUT2D eigenvalue weighted by Gasteiger charge is 2.16. The van der Waals surface area contributed by atoms with Gasteiger partial charge in [-0.15, -0.1) is 0 Å². The molecule has 1 aliphatic rings. The minimum absolute atomic E-state index is 0.0351. The number of carbonyl (C=O) groups is 2. The van der Waals surface area contributed by atoms with Crippen LogP contribution in [-0.4, -0.2) is 18.4 Å². The molecule has 1 heterocycles.